The van der Waals surface area contributed by atoms with Crippen molar-refractivity contribution >= 4 is 5.78 Å². The highest BCUT2D eigenvalue weighted by molar-refractivity contribution is 6.08. The number of rotatable bonds is 3. The molecule has 0 radical (unpaired) electrons. The summed E-state index contributed by atoms with van der Waals surface area (Å²) in [4.78, 5) is 16.3. The summed E-state index contributed by atoms with van der Waals surface area (Å²) in [6.07, 6.45) is 7.13. The van der Waals surface area contributed by atoms with E-state index in [1.54, 1.807) is 18.5 Å². The van der Waals surface area contributed by atoms with Crippen LogP contribution in [0.4, 0.5) is 0 Å². The molecule has 1 saturated carbocycles. The molecule has 1 heterocycles. The average Bonchev–Trinajstić information content (AvgIpc) is 2.37. The quantitative estimate of drug-likeness (QED) is 0.764. The molecule has 1 aliphatic rings. The molecule has 2 aromatic rings. The lowest BCUT2D eigenvalue weighted by Crippen LogP contribution is -2.10. The number of hydrogen-bond acceptors (Lipinski definition) is 2. The van der Waals surface area contributed by atoms with Gasteiger partial charge in [0, 0.05) is 23.5 Å². The predicted molar refractivity (Wildman–Crippen MR) is 70.7 cm³/mol. The van der Waals surface area contributed by atoms with Gasteiger partial charge in [-0.25, -0.2) is 0 Å². The average molecular weight is 237 g/mol. The lowest BCUT2D eigenvalue weighted by Gasteiger charge is -2.26. The monoisotopic (exact) mass is 237 g/mol. The van der Waals surface area contributed by atoms with Crippen LogP contribution in [0.1, 0.15) is 46.7 Å². The molecule has 3 rings (SSSR count). The molecule has 90 valence electrons. The summed E-state index contributed by atoms with van der Waals surface area (Å²) in [6, 6.07) is 11.6. The summed E-state index contributed by atoms with van der Waals surface area (Å²) in [5, 5.41) is 0. The Morgan fingerprint density at radius 2 is 1.94 bits per heavy atom. The second kappa shape index (κ2) is 4.73. The van der Waals surface area contributed by atoms with E-state index in [9.17, 15) is 4.79 Å². The van der Waals surface area contributed by atoms with Gasteiger partial charge in [-0.2, -0.15) is 0 Å². The molecule has 0 bridgehead atoms. The van der Waals surface area contributed by atoms with Crippen LogP contribution in [0.5, 0.6) is 0 Å². The molecule has 1 aromatic heterocycles. The van der Waals surface area contributed by atoms with Gasteiger partial charge < -0.3 is 0 Å². The maximum Gasteiger partial charge on any atom is 0.194 e. The van der Waals surface area contributed by atoms with Gasteiger partial charge in [-0.3, -0.25) is 9.78 Å². The van der Waals surface area contributed by atoms with E-state index in [1.165, 1.54) is 24.8 Å². The molecule has 0 amide bonds. The predicted octanol–water partition coefficient (Wildman–Crippen LogP) is 3.58. The van der Waals surface area contributed by atoms with E-state index in [1.807, 2.05) is 24.3 Å². The van der Waals surface area contributed by atoms with Gasteiger partial charge in [-0.15, -0.1) is 0 Å². The topological polar surface area (TPSA) is 30.0 Å². The number of nitrogens with zero attached hydrogens (tertiary/aromatic N) is 1. The fraction of sp³-hybridized carbons (Fsp3) is 0.250. The van der Waals surface area contributed by atoms with Crippen LogP contribution in [0.15, 0.2) is 48.8 Å². The van der Waals surface area contributed by atoms with Crippen LogP contribution in [0.2, 0.25) is 0 Å². The second-order valence-electron chi connectivity index (χ2n) is 4.82. The third-order valence-corrected chi connectivity index (χ3v) is 3.65. The van der Waals surface area contributed by atoms with Crippen LogP contribution in [-0.4, -0.2) is 10.8 Å². The maximum atomic E-state index is 12.3. The summed E-state index contributed by atoms with van der Waals surface area (Å²) >= 11 is 0. The first-order valence-corrected chi connectivity index (χ1v) is 6.39. The van der Waals surface area contributed by atoms with E-state index in [2.05, 4.69) is 11.1 Å². The van der Waals surface area contributed by atoms with E-state index in [0.29, 0.717) is 11.5 Å². The van der Waals surface area contributed by atoms with Crippen LogP contribution in [-0.2, 0) is 0 Å². The highest BCUT2D eigenvalue weighted by atomic mass is 16.1. The number of carbonyl (C=O) groups is 1. The van der Waals surface area contributed by atoms with Gasteiger partial charge >= 0.3 is 0 Å². The first-order valence-electron chi connectivity index (χ1n) is 6.39. The van der Waals surface area contributed by atoms with Crippen molar-refractivity contribution in [3.8, 4) is 0 Å². The van der Waals surface area contributed by atoms with Gasteiger partial charge in [0.25, 0.3) is 0 Å². The zero-order valence-corrected chi connectivity index (χ0v) is 10.2. The summed E-state index contributed by atoms with van der Waals surface area (Å²) in [6.45, 7) is 0. The summed E-state index contributed by atoms with van der Waals surface area (Å²) < 4.78 is 0. The van der Waals surface area contributed by atoms with Crippen LogP contribution in [0.3, 0.4) is 0 Å². The van der Waals surface area contributed by atoms with E-state index in [4.69, 9.17) is 0 Å². The molecule has 0 atom stereocenters. The Balaban J connectivity index is 1.90. The number of carbonyl (C=O) groups excluding carboxylic acids is 1. The Bertz CT molecular complexity index is 558. The number of benzene rings is 1. The minimum atomic E-state index is 0.0595. The Morgan fingerprint density at radius 1 is 1.11 bits per heavy atom. The lowest BCUT2D eigenvalue weighted by atomic mass is 9.79. The van der Waals surface area contributed by atoms with Crippen molar-refractivity contribution in [3.05, 3.63) is 65.5 Å². The van der Waals surface area contributed by atoms with Gasteiger partial charge in [0.1, 0.15) is 0 Å². The van der Waals surface area contributed by atoms with Crippen molar-refractivity contribution in [1.29, 1.82) is 0 Å². The first kappa shape index (κ1) is 11.1. The second-order valence-corrected chi connectivity index (χ2v) is 4.82. The number of ketones is 1. The third-order valence-electron chi connectivity index (χ3n) is 3.65. The van der Waals surface area contributed by atoms with E-state index < -0.39 is 0 Å². The SMILES string of the molecule is O=C(c1cccnc1)c1cccc(C2CCC2)c1. The van der Waals surface area contributed by atoms with Gasteiger partial charge in [-0.05, 0) is 42.5 Å². The van der Waals surface area contributed by atoms with Crippen LogP contribution in [0.25, 0.3) is 0 Å². The molecule has 18 heavy (non-hydrogen) atoms. The molecule has 0 spiro atoms. The Morgan fingerprint density at radius 3 is 2.61 bits per heavy atom. The van der Waals surface area contributed by atoms with Gasteiger partial charge in [0.05, 0.1) is 0 Å². The summed E-state index contributed by atoms with van der Waals surface area (Å²) in [5.41, 5.74) is 2.73. The molecule has 1 aromatic carbocycles. The van der Waals surface area contributed by atoms with E-state index in [-0.39, 0.29) is 5.78 Å². The van der Waals surface area contributed by atoms with Crippen molar-refractivity contribution in [2.75, 3.05) is 0 Å². The van der Waals surface area contributed by atoms with Crippen LogP contribution in [0, 0.1) is 0 Å². The van der Waals surface area contributed by atoms with Crippen molar-refractivity contribution in [2.45, 2.75) is 25.2 Å². The number of aromatic nitrogens is 1. The van der Waals surface area contributed by atoms with Crippen molar-refractivity contribution in [2.24, 2.45) is 0 Å². The van der Waals surface area contributed by atoms with Crippen molar-refractivity contribution in [3.63, 3.8) is 0 Å². The van der Waals surface area contributed by atoms with Crippen LogP contribution >= 0.6 is 0 Å². The van der Waals surface area contributed by atoms with Crippen molar-refractivity contribution < 1.29 is 4.79 Å². The Hall–Kier alpha value is -1.96. The molecular formula is C16H15NO. The smallest absolute Gasteiger partial charge is 0.194 e. The molecule has 2 nitrogen and oxygen atoms in total. The molecular weight excluding hydrogens is 222 g/mol. The molecule has 0 unspecified atom stereocenters. The highest BCUT2D eigenvalue weighted by Crippen LogP contribution is 2.36. The van der Waals surface area contributed by atoms with E-state index in [0.717, 1.165) is 5.56 Å². The fourth-order valence-corrected chi connectivity index (χ4v) is 2.34. The molecule has 0 N–H and O–H groups in total. The Labute approximate surface area is 107 Å². The van der Waals surface area contributed by atoms with Gasteiger partial charge in [0.15, 0.2) is 5.78 Å². The summed E-state index contributed by atoms with van der Waals surface area (Å²) in [5.74, 6) is 0.718. The zero-order valence-electron chi connectivity index (χ0n) is 10.2. The van der Waals surface area contributed by atoms with Crippen molar-refractivity contribution in [1.82, 2.24) is 4.98 Å². The Kier molecular flexibility index (Phi) is 2.93. The first-order chi connectivity index (χ1) is 8.84. The standard InChI is InChI=1S/C16H15NO/c18-16(15-8-3-9-17-11-15)14-7-2-6-13(10-14)12-4-1-5-12/h2-3,6-12H,1,4-5H2. The largest absolute Gasteiger partial charge is 0.289 e. The zero-order chi connectivity index (χ0) is 12.4. The normalized spacial score (nSPS) is 15.1. The fourth-order valence-electron chi connectivity index (χ4n) is 2.34. The molecule has 0 aliphatic heterocycles. The van der Waals surface area contributed by atoms with Gasteiger partial charge in [0.2, 0.25) is 0 Å². The lowest BCUT2D eigenvalue weighted by molar-refractivity contribution is 0.103. The maximum absolute atomic E-state index is 12.3. The molecule has 2 heteroatoms. The number of hydrogen-bond donors (Lipinski definition) is 0. The van der Waals surface area contributed by atoms with E-state index >= 15 is 0 Å². The minimum Gasteiger partial charge on any atom is -0.289 e. The van der Waals surface area contributed by atoms with Crippen LogP contribution < -0.4 is 0 Å². The molecule has 1 fully saturated rings. The summed E-state index contributed by atoms with van der Waals surface area (Å²) in [7, 11) is 0. The minimum absolute atomic E-state index is 0.0595. The third kappa shape index (κ3) is 2.06. The molecule has 1 aliphatic carbocycles. The molecule has 0 saturated heterocycles. The van der Waals surface area contributed by atoms with Gasteiger partial charge in [-0.1, -0.05) is 24.6 Å². The highest BCUT2D eigenvalue weighted by Gasteiger charge is 2.20. The number of pyridine rings is 1.